The molecule has 1 N–H and O–H groups in total. The fourth-order valence-electron chi connectivity index (χ4n) is 3.95. The SMILES string of the molecule is O=C(NC1CCC(F)(F)CC1)c1ccc(C(F)=CC(c2cc(Cl)cc(Cl)c2)C(F)(F)F)cc1C(F)(F)F. The Morgan fingerprint density at radius 3 is 2.05 bits per heavy atom. The van der Waals surface area contributed by atoms with Gasteiger partial charge in [-0.1, -0.05) is 29.3 Å². The van der Waals surface area contributed by atoms with E-state index in [1.807, 2.05) is 0 Å². The second kappa shape index (κ2) is 10.8. The zero-order valence-corrected chi connectivity index (χ0v) is 20.1. The van der Waals surface area contributed by atoms with Gasteiger partial charge in [-0.15, -0.1) is 0 Å². The van der Waals surface area contributed by atoms with Gasteiger partial charge in [0.2, 0.25) is 5.92 Å². The summed E-state index contributed by atoms with van der Waals surface area (Å²) < 4.78 is 124. The van der Waals surface area contributed by atoms with Crippen LogP contribution in [0.4, 0.5) is 39.5 Å². The van der Waals surface area contributed by atoms with Crippen LogP contribution in [0.3, 0.4) is 0 Å². The summed E-state index contributed by atoms with van der Waals surface area (Å²) in [6, 6.07) is 3.71. The highest BCUT2D eigenvalue weighted by Crippen LogP contribution is 2.41. The summed E-state index contributed by atoms with van der Waals surface area (Å²) in [7, 11) is 0. The Hall–Kier alpha value is -2.40. The molecule has 0 heterocycles. The Morgan fingerprint density at radius 1 is 0.973 bits per heavy atom. The highest BCUT2D eigenvalue weighted by molar-refractivity contribution is 6.34. The molecule has 2 aromatic rings. The number of rotatable bonds is 5. The number of carbonyl (C=O) groups excluding carboxylic acids is 1. The minimum absolute atomic E-state index is 0.0828. The normalized spacial score (nSPS) is 18.0. The molecule has 1 aliphatic rings. The van der Waals surface area contributed by atoms with E-state index >= 15 is 0 Å². The molecular weight excluding hydrogens is 560 g/mol. The standard InChI is InChI=1S/C24H18Cl2F9NO/c25-14-7-13(8-15(26)10-14)18(23(30,31)32)11-20(27)12-1-2-17(19(9-12)24(33,34)35)21(37)36-16-3-5-22(28,29)6-4-16/h1-2,7-11,16,18H,3-6H2,(H,36,37). The number of carbonyl (C=O) groups is 1. The van der Waals surface area contributed by atoms with Crippen molar-refractivity contribution in [2.45, 2.75) is 55.9 Å². The maximum atomic E-state index is 14.9. The van der Waals surface area contributed by atoms with E-state index in [2.05, 4.69) is 5.32 Å². The average Bonchev–Trinajstić information content (AvgIpc) is 2.76. The van der Waals surface area contributed by atoms with E-state index in [1.54, 1.807) is 0 Å². The average molecular weight is 578 g/mol. The lowest BCUT2D eigenvalue weighted by atomic mass is 9.91. The zero-order valence-electron chi connectivity index (χ0n) is 18.6. The Labute approximate surface area is 215 Å². The minimum Gasteiger partial charge on any atom is -0.349 e. The number of hydrogen-bond acceptors (Lipinski definition) is 1. The molecule has 1 amide bonds. The molecule has 0 aliphatic heterocycles. The molecule has 0 radical (unpaired) electrons. The van der Waals surface area contributed by atoms with Crippen molar-refractivity contribution in [3.63, 3.8) is 0 Å². The van der Waals surface area contributed by atoms with Gasteiger partial charge in [0, 0.05) is 34.5 Å². The third kappa shape index (κ3) is 7.56. The van der Waals surface area contributed by atoms with Crippen molar-refractivity contribution in [3.8, 4) is 0 Å². The summed E-state index contributed by atoms with van der Waals surface area (Å²) in [6.07, 6.45) is -11.5. The number of allylic oxidation sites excluding steroid dienone is 1. The maximum absolute atomic E-state index is 14.9. The van der Waals surface area contributed by atoms with Crippen LogP contribution in [0.5, 0.6) is 0 Å². The first-order valence-electron chi connectivity index (χ1n) is 10.8. The van der Waals surface area contributed by atoms with Crippen molar-refractivity contribution in [1.29, 1.82) is 0 Å². The van der Waals surface area contributed by atoms with Crippen LogP contribution in [-0.4, -0.2) is 24.0 Å². The maximum Gasteiger partial charge on any atom is 0.417 e. The van der Waals surface area contributed by atoms with Gasteiger partial charge in [-0.3, -0.25) is 4.79 Å². The summed E-state index contributed by atoms with van der Waals surface area (Å²) in [5.74, 6) is -8.37. The predicted octanol–water partition coefficient (Wildman–Crippen LogP) is 8.98. The Balaban J connectivity index is 1.95. The van der Waals surface area contributed by atoms with E-state index in [-0.39, 0.29) is 35.0 Å². The van der Waals surface area contributed by atoms with Gasteiger partial charge >= 0.3 is 12.4 Å². The van der Waals surface area contributed by atoms with Gasteiger partial charge in [0.1, 0.15) is 11.7 Å². The smallest absolute Gasteiger partial charge is 0.349 e. The highest BCUT2D eigenvalue weighted by atomic mass is 35.5. The van der Waals surface area contributed by atoms with Crippen molar-refractivity contribution >= 4 is 34.9 Å². The van der Waals surface area contributed by atoms with Gasteiger partial charge in [0.05, 0.1) is 11.1 Å². The monoisotopic (exact) mass is 577 g/mol. The lowest BCUT2D eigenvalue weighted by Crippen LogP contribution is -2.40. The zero-order chi connectivity index (χ0) is 27.8. The van der Waals surface area contributed by atoms with E-state index in [9.17, 15) is 44.3 Å². The Kier molecular flexibility index (Phi) is 8.48. The molecule has 37 heavy (non-hydrogen) atoms. The van der Waals surface area contributed by atoms with E-state index in [0.717, 1.165) is 24.3 Å². The van der Waals surface area contributed by atoms with Crippen LogP contribution in [-0.2, 0) is 6.18 Å². The Morgan fingerprint density at radius 2 is 1.54 bits per heavy atom. The highest BCUT2D eigenvalue weighted by Gasteiger charge is 2.41. The largest absolute Gasteiger partial charge is 0.417 e. The molecule has 13 heteroatoms. The molecule has 0 spiro atoms. The van der Waals surface area contributed by atoms with Crippen LogP contribution in [0.25, 0.3) is 5.83 Å². The van der Waals surface area contributed by atoms with Gasteiger partial charge in [-0.25, -0.2) is 13.2 Å². The molecule has 1 unspecified atom stereocenters. The number of nitrogens with one attached hydrogen (secondary N) is 1. The fourth-order valence-corrected chi connectivity index (χ4v) is 4.49. The summed E-state index contributed by atoms with van der Waals surface area (Å²) in [5, 5.41) is 1.93. The van der Waals surface area contributed by atoms with Crippen LogP contribution in [0.15, 0.2) is 42.5 Å². The molecular formula is C24H18Cl2F9NO. The molecule has 3 rings (SSSR count). The molecule has 1 fully saturated rings. The Bertz CT molecular complexity index is 1160. The molecule has 0 saturated heterocycles. The van der Waals surface area contributed by atoms with Crippen LogP contribution >= 0.6 is 23.2 Å². The molecule has 1 saturated carbocycles. The summed E-state index contributed by atoms with van der Waals surface area (Å²) in [6.45, 7) is 0. The summed E-state index contributed by atoms with van der Waals surface area (Å²) in [5.41, 5.74) is -3.91. The number of hydrogen-bond donors (Lipinski definition) is 1. The number of halogens is 11. The summed E-state index contributed by atoms with van der Waals surface area (Å²) >= 11 is 11.5. The number of alkyl halides is 8. The second-order valence-electron chi connectivity index (χ2n) is 8.60. The third-order valence-corrected chi connectivity index (χ3v) is 6.24. The first-order valence-corrected chi connectivity index (χ1v) is 11.5. The van der Waals surface area contributed by atoms with E-state index in [0.29, 0.717) is 6.07 Å². The van der Waals surface area contributed by atoms with Crippen molar-refractivity contribution in [1.82, 2.24) is 5.32 Å². The lowest BCUT2D eigenvalue weighted by molar-refractivity contribution is -0.140. The predicted molar refractivity (Wildman–Crippen MR) is 120 cm³/mol. The van der Waals surface area contributed by atoms with E-state index in [4.69, 9.17) is 23.2 Å². The minimum atomic E-state index is -5.17. The molecule has 1 aliphatic carbocycles. The van der Waals surface area contributed by atoms with Crippen molar-refractivity contribution in [2.24, 2.45) is 0 Å². The van der Waals surface area contributed by atoms with Gasteiger partial charge in [0.25, 0.3) is 5.91 Å². The molecule has 202 valence electrons. The molecule has 0 aromatic heterocycles. The first kappa shape index (κ1) is 29.2. The van der Waals surface area contributed by atoms with Crippen molar-refractivity contribution in [2.75, 3.05) is 0 Å². The molecule has 1 atom stereocenters. The molecule has 0 bridgehead atoms. The molecule has 2 nitrogen and oxygen atoms in total. The number of benzene rings is 2. The fraction of sp³-hybridized carbons (Fsp3) is 0.375. The summed E-state index contributed by atoms with van der Waals surface area (Å²) in [4.78, 5) is 12.5. The third-order valence-electron chi connectivity index (χ3n) is 5.81. The van der Waals surface area contributed by atoms with E-state index in [1.165, 1.54) is 0 Å². The van der Waals surface area contributed by atoms with Gasteiger partial charge in [0.15, 0.2) is 0 Å². The van der Waals surface area contributed by atoms with Gasteiger partial charge in [-0.2, -0.15) is 26.3 Å². The van der Waals surface area contributed by atoms with Crippen LogP contribution in [0.1, 0.15) is 58.6 Å². The quantitative estimate of drug-likeness (QED) is 0.353. The van der Waals surface area contributed by atoms with Crippen LogP contribution < -0.4 is 5.32 Å². The van der Waals surface area contributed by atoms with Crippen LogP contribution in [0, 0.1) is 0 Å². The van der Waals surface area contributed by atoms with Crippen molar-refractivity contribution in [3.05, 3.63) is 74.8 Å². The van der Waals surface area contributed by atoms with E-state index < -0.39 is 77.1 Å². The van der Waals surface area contributed by atoms with Gasteiger partial charge < -0.3 is 5.32 Å². The lowest BCUT2D eigenvalue weighted by Gasteiger charge is -2.29. The second-order valence-corrected chi connectivity index (χ2v) is 9.47. The first-order chi connectivity index (χ1) is 17.0. The van der Waals surface area contributed by atoms with Crippen molar-refractivity contribution < 1.29 is 44.3 Å². The number of amides is 1. The van der Waals surface area contributed by atoms with Gasteiger partial charge in [-0.05, 0) is 54.8 Å². The topological polar surface area (TPSA) is 29.1 Å². The van der Waals surface area contributed by atoms with Crippen LogP contribution in [0.2, 0.25) is 10.0 Å². The molecule has 2 aromatic carbocycles.